The first-order valence-corrected chi connectivity index (χ1v) is 12.9. The molecule has 1 aromatic rings. The first-order valence-electron chi connectivity index (χ1n) is 12.9. The maximum absolute atomic E-state index is 13.9. The zero-order valence-electron chi connectivity index (χ0n) is 21.2. The molecule has 5 rings (SSSR count). The van der Waals surface area contributed by atoms with Gasteiger partial charge in [-0.15, -0.1) is 0 Å². The molecule has 1 aromatic carbocycles. The van der Waals surface area contributed by atoms with Gasteiger partial charge in [-0.05, 0) is 50.2 Å². The largest absolute Gasteiger partial charge is 0.497 e. The Balaban J connectivity index is 1.53. The van der Waals surface area contributed by atoms with Gasteiger partial charge < -0.3 is 24.0 Å². The third kappa shape index (κ3) is 3.83. The number of benzene rings is 1. The first kappa shape index (κ1) is 24.6. The van der Waals surface area contributed by atoms with E-state index in [1.54, 1.807) is 19.1 Å². The fourth-order valence-electron chi connectivity index (χ4n) is 6.81. The van der Waals surface area contributed by atoms with Crippen molar-refractivity contribution in [2.24, 2.45) is 5.41 Å². The Labute approximate surface area is 211 Å². The van der Waals surface area contributed by atoms with Crippen molar-refractivity contribution in [2.75, 3.05) is 27.4 Å². The van der Waals surface area contributed by atoms with E-state index in [1.165, 1.54) is 6.92 Å². The summed E-state index contributed by atoms with van der Waals surface area (Å²) in [6, 6.07) is 2.44. The van der Waals surface area contributed by atoms with E-state index < -0.39 is 29.1 Å². The van der Waals surface area contributed by atoms with E-state index in [9.17, 15) is 19.2 Å². The number of ether oxygens (including phenoxy) is 3. The molecule has 3 atom stereocenters. The highest BCUT2D eigenvalue weighted by molar-refractivity contribution is 6.38. The molecular formula is C27H34N2O7. The van der Waals surface area contributed by atoms with E-state index in [-0.39, 0.29) is 24.6 Å². The van der Waals surface area contributed by atoms with Crippen LogP contribution >= 0.6 is 0 Å². The molecule has 3 heterocycles. The zero-order chi connectivity index (χ0) is 25.6. The van der Waals surface area contributed by atoms with Crippen LogP contribution < -0.4 is 9.47 Å². The lowest BCUT2D eigenvalue weighted by Crippen LogP contribution is -2.68. The van der Waals surface area contributed by atoms with Gasteiger partial charge in [0.15, 0.2) is 0 Å². The number of carbonyl (C=O) groups is 4. The van der Waals surface area contributed by atoms with Crippen molar-refractivity contribution in [2.45, 2.75) is 76.4 Å². The van der Waals surface area contributed by atoms with E-state index in [2.05, 4.69) is 0 Å². The fraction of sp³-hybridized carbons (Fsp3) is 0.630. The number of carbonyl (C=O) groups excluding carboxylic acids is 4. The highest BCUT2D eigenvalue weighted by Crippen LogP contribution is 2.48. The van der Waals surface area contributed by atoms with Crippen molar-refractivity contribution in [3.63, 3.8) is 0 Å². The quantitative estimate of drug-likeness (QED) is 0.439. The average molecular weight is 499 g/mol. The van der Waals surface area contributed by atoms with Gasteiger partial charge in [-0.1, -0.05) is 12.8 Å². The number of esters is 1. The summed E-state index contributed by atoms with van der Waals surface area (Å²) in [6.45, 7) is 1.76. The summed E-state index contributed by atoms with van der Waals surface area (Å²) in [5.74, 6) is -0.394. The van der Waals surface area contributed by atoms with Gasteiger partial charge in [-0.3, -0.25) is 19.2 Å². The number of piperazine rings is 1. The Kier molecular flexibility index (Phi) is 6.43. The van der Waals surface area contributed by atoms with Crippen LogP contribution in [-0.2, 0) is 30.3 Å². The SMILES string of the molecule is COc1cc(OC)c2c(c1)[C@H]1C3CCCC(C(=O)N1CC2)N3C(=O)C(=O)C1(COC(C)=O)CCCC1. The van der Waals surface area contributed by atoms with Crippen LogP contribution in [0.25, 0.3) is 0 Å². The highest BCUT2D eigenvalue weighted by Gasteiger charge is 2.56. The van der Waals surface area contributed by atoms with Crippen LogP contribution in [0.1, 0.15) is 69.0 Å². The van der Waals surface area contributed by atoms with E-state index in [0.29, 0.717) is 50.1 Å². The second-order valence-corrected chi connectivity index (χ2v) is 10.4. The number of hydrogen-bond donors (Lipinski definition) is 0. The minimum Gasteiger partial charge on any atom is -0.497 e. The Morgan fingerprint density at radius 3 is 2.47 bits per heavy atom. The van der Waals surface area contributed by atoms with Gasteiger partial charge in [-0.2, -0.15) is 0 Å². The molecule has 36 heavy (non-hydrogen) atoms. The summed E-state index contributed by atoms with van der Waals surface area (Å²) >= 11 is 0. The number of amides is 2. The van der Waals surface area contributed by atoms with Gasteiger partial charge in [0.1, 0.15) is 24.1 Å². The molecular weight excluding hydrogens is 464 g/mol. The molecule has 1 saturated carbocycles. The summed E-state index contributed by atoms with van der Waals surface area (Å²) in [7, 11) is 3.20. The zero-order valence-corrected chi connectivity index (χ0v) is 21.2. The first-order chi connectivity index (χ1) is 17.3. The number of rotatable bonds is 6. The Morgan fingerprint density at radius 1 is 1.06 bits per heavy atom. The summed E-state index contributed by atoms with van der Waals surface area (Å²) in [4.78, 5) is 56.4. The minimum atomic E-state index is -1.01. The Morgan fingerprint density at radius 2 is 1.81 bits per heavy atom. The summed E-state index contributed by atoms with van der Waals surface area (Å²) < 4.78 is 16.4. The number of piperidine rings is 1. The van der Waals surface area contributed by atoms with Crippen LogP contribution in [0.3, 0.4) is 0 Å². The van der Waals surface area contributed by atoms with Crippen LogP contribution in [-0.4, -0.2) is 72.8 Å². The van der Waals surface area contributed by atoms with Crippen molar-refractivity contribution in [3.8, 4) is 11.5 Å². The summed E-state index contributed by atoms with van der Waals surface area (Å²) in [5, 5.41) is 0. The standard InChI is InChI=1S/C27H34N2O7/c1-16(30)36-15-27(10-4-5-11-27)24(31)26(33)29-20-7-6-8-21(29)25(32)28-12-9-18-19(23(20)28)13-17(34-2)14-22(18)35-3/h13-14,20-21,23H,4-12,15H2,1-3H3/t20?,21?,23-/m0/s1. The second-order valence-electron chi connectivity index (χ2n) is 10.4. The maximum atomic E-state index is 13.9. The van der Waals surface area contributed by atoms with Crippen LogP contribution in [0.4, 0.5) is 0 Å². The highest BCUT2D eigenvalue weighted by atomic mass is 16.5. The number of fused-ring (bicyclic) bond motifs is 6. The molecule has 1 aliphatic carbocycles. The molecule has 0 aromatic heterocycles. The molecule has 2 bridgehead atoms. The van der Waals surface area contributed by atoms with Crippen molar-refractivity contribution in [1.82, 2.24) is 9.80 Å². The summed E-state index contributed by atoms with van der Waals surface area (Å²) in [5.41, 5.74) is 0.919. The van der Waals surface area contributed by atoms with E-state index in [0.717, 1.165) is 30.4 Å². The van der Waals surface area contributed by atoms with Gasteiger partial charge in [0.25, 0.3) is 5.91 Å². The van der Waals surface area contributed by atoms with Crippen LogP contribution in [0, 0.1) is 5.41 Å². The van der Waals surface area contributed by atoms with Gasteiger partial charge in [0, 0.05) is 25.1 Å². The van der Waals surface area contributed by atoms with E-state index in [1.807, 2.05) is 17.0 Å². The molecule has 0 N–H and O–H groups in total. The lowest BCUT2D eigenvalue weighted by atomic mass is 9.76. The molecule has 3 aliphatic heterocycles. The Hall–Kier alpha value is -3.10. The van der Waals surface area contributed by atoms with Crippen molar-refractivity contribution in [3.05, 3.63) is 23.3 Å². The number of nitrogens with zero attached hydrogens (tertiary/aromatic N) is 2. The van der Waals surface area contributed by atoms with Crippen LogP contribution in [0.15, 0.2) is 12.1 Å². The molecule has 9 nitrogen and oxygen atoms in total. The van der Waals surface area contributed by atoms with Gasteiger partial charge in [0.2, 0.25) is 11.7 Å². The van der Waals surface area contributed by atoms with E-state index in [4.69, 9.17) is 14.2 Å². The number of ketones is 1. The topological polar surface area (TPSA) is 102 Å². The van der Waals surface area contributed by atoms with Crippen LogP contribution in [0.5, 0.6) is 11.5 Å². The fourth-order valence-corrected chi connectivity index (χ4v) is 6.81. The molecule has 2 unspecified atom stereocenters. The third-order valence-corrected chi connectivity index (χ3v) is 8.56. The monoisotopic (exact) mass is 498 g/mol. The predicted octanol–water partition coefficient (Wildman–Crippen LogP) is 2.59. The van der Waals surface area contributed by atoms with Gasteiger partial charge in [0.05, 0.1) is 31.7 Å². The molecule has 9 heteroatoms. The molecule has 0 spiro atoms. The second kappa shape index (κ2) is 9.41. The molecule has 194 valence electrons. The van der Waals surface area contributed by atoms with Crippen molar-refractivity contribution >= 4 is 23.6 Å². The number of hydrogen-bond acceptors (Lipinski definition) is 7. The minimum absolute atomic E-state index is 0.0865. The normalized spacial score (nSPS) is 26.1. The molecule has 0 radical (unpaired) electrons. The molecule has 2 amide bonds. The van der Waals surface area contributed by atoms with Gasteiger partial charge >= 0.3 is 5.97 Å². The number of Topliss-reactive ketones (excluding diaryl/α,β-unsaturated/α-hetero) is 1. The van der Waals surface area contributed by atoms with Crippen molar-refractivity contribution < 1.29 is 33.4 Å². The van der Waals surface area contributed by atoms with E-state index >= 15 is 0 Å². The molecule has 3 fully saturated rings. The lowest BCUT2D eigenvalue weighted by Gasteiger charge is -2.55. The van der Waals surface area contributed by atoms with Gasteiger partial charge in [-0.25, -0.2) is 0 Å². The lowest BCUT2D eigenvalue weighted by molar-refractivity contribution is -0.171. The number of methoxy groups -OCH3 is 2. The Bertz CT molecular complexity index is 1090. The predicted molar refractivity (Wildman–Crippen MR) is 129 cm³/mol. The third-order valence-electron chi connectivity index (χ3n) is 8.56. The molecule has 2 saturated heterocycles. The van der Waals surface area contributed by atoms with Crippen molar-refractivity contribution in [1.29, 1.82) is 0 Å². The smallest absolute Gasteiger partial charge is 0.302 e. The maximum Gasteiger partial charge on any atom is 0.302 e. The average Bonchev–Trinajstić information content (AvgIpc) is 3.38. The molecule has 4 aliphatic rings. The van der Waals surface area contributed by atoms with Crippen LogP contribution in [0.2, 0.25) is 0 Å². The summed E-state index contributed by atoms with van der Waals surface area (Å²) in [6.07, 6.45) is 5.32.